The minimum atomic E-state index is -1.40. The Kier molecular flexibility index (Phi) is 2.26. The molecular weight excluding hydrogens is 217 g/mol. The fourth-order valence-electron chi connectivity index (χ4n) is 1.39. The lowest BCUT2D eigenvalue weighted by molar-refractivity contribution is -0.122. The van der Waals surface area contributed by atoms with Gasteiger partial charge >= 0.3 is 5.97 Å². The monoisotopic (exact) mass is 225 g/mol. The summed E-state index contributed by atoms with van der Waals surface area (Å²) in [5.74, 6) is -2.55. The number of carbonyl (C=O) groups excluding carboxylic acids is 1. The van der Waals surface area contributed by atoms with Crippen LogP contribution >= 0.6 is 0 Å². The van der Waals surface area contributed by atoms with Crippen molar-refractivity contribution in [3.63, 3.8) is 0 Å². The number of anilines is 1. The summed E-state index contributed by atoms with van der Waals surface area (Å²) in [5, 5.41) is 11.1. The predicted octanol–water partition coefficient (Wildman–Crippen LogP) is 1.24. The number of hydrogen-bond donors (Lipinski definition) is 2. The number of carbonyl (C=O) groups is 2. The SMILES string of the molecule is CC1Oc2cc(F)c(C(=O)O)cc2NC1=O. The Morgan fingerprint density at radius 2 is 2.25 bits per heavy atom. The summed E-state index contributed by atoms with van der Waals surface area (Å²) in [4.78, 5) is 21.9. The molecule has 1 unspecified atom stereocenters. The number of nitrogens with one attached hydrogen (secondary N) is 1. The van der Waals surface area contributed by atoms with E-state index >= 15 is 0 Å². The quantitative estimate of drug-likeness (QED) is 0.754. The van der Waals surface area contributed by atoms with Gasteiger partial charge in [0.1, 0.15) is 11.6 Å². The van der Waals surface area contributed by atoms with Crippen molar-refractivity contribution >= 4 is 17.6 Å². The Labute approximate surface area is 89.8 Å². The summed E-state index contributed by atoms with van der Waals surface area (Å²) in [5.41, 5.74) is -0.334. The summed E-state index contributed by atoms with van der Waals surface area (Å²) < 4.78 is 18.4. The van der Waals surface area contributed by atoms with Gasteiger partial charge in [0, 0.05) is 6.07 Å². The Morgan fingerprint density at radius 1 is 1.56 bits per heavy atom. The molecule has 5 nitrogen and oxygen atoms in total. The second kappa shape index (κ2) is 3.48. The van der Waals surface area contributed by atoms with Gasteiger partial charge in [-0.1, -0.05) is 0 Å². The zero-order chi connectivity index (χ0) is 11.9. The Bertz CT molecular complexity index is 486. The van der Waals surface area contributed by atoms with Gasteiger partial charge in [-0.3, -0.25) is 4.79 Å². The molecule has 1 aliphatic rings. The molecule has 1 aromatic carbocycles. The number of carboxylic acids is 1. The molecule has 0 radical (unpaired) electrons. The van der Waals surface area contributed by atoms with E-state index in [0.717, 1.165) is 12.1 Å². The van der Waals surface area contributed by atoms with Gasteiger partial charge in [-0.15, -0.1) is 0 Å². The molecule has 0 aromatic heterocycles. The zero-order valence-electron chi connectivity index (χ0n) is 8.28. The summed E-state index contributed by atoms with van der Waals surface area (Å²) >= 11 is 0. The van der Waals surface area contributed by atoms with Crippen LogP contribution in [-0.2, 0) is 4.79 Å². The van der Waals surface area contributed by atoms with E-state index in [-0.39, 0.29) is 11.4 Å². The van der Waals surface area contributed by atoms with E-state index in [4.69, 9.17) is 9.84 Å². The van der Waals surface area contributed by atoms with Crippen molar-refractivity contribution in [3.05, 3.63) is 23.5 Å². The Balaban J connectivity index is 2.50. The van der Waals surface area contributed by atoms with Crippen molar-refractivity contribution in [2.75, 3.05) is 5.32 Å². The van der Waals surface area contributed by atoms with Gasteiger partial charge in [0.05, 0.1) is 11.3 Å². The first-order valence-electron chi connectivity index (χ1n) is 4.53. The van der Waals surface area contributed by atoms with Gasteiger partial charge in [0.25, 0.3) is 5.91 Å². The third-order valence-corrected chi connectivity index (χ3v) is 2.23. The number of rotatable bonds is 1. The molecular formula is C10H8FNO4. The van der Waals surface area contributed by atoms with E-state index in [9.17, 15) is 14.0 Å². The lowest BCUT2D eigenvalue weighted by Gasteiger charge is -2.23. The maximum atomic E-state index is 13.3. The van der Waals surface area contributed by atoms with Crippen LogP contribution in [0.3, 0.4) is 0 Å². The molecule has 2 N–H and O–H groups in total. The molecule has 2 rings (SSSR count). The molecule has 0 spiro atoms. The first-order valence-corrected chi connectivity index (χ1v) is 4.53. The average Bonchev–Trinajstić information content (AvgIpc) is 2.19. The van der Waals surface area contributed by atoms with Crippen molar-refractivity contribution in [2.24, 2.45) is 0 Å². The maximum Gasteiger partial charge on any atom is 0.338 e. The molecule has 0 fully saturated rings. The number of benzene rings is 1. The zero-order valence-corrected chi connectivity index (χ0v) is 8.28. The molecule has 0 saturated heterocycles. The Hall–Kier alpha value is -2.11. The van der Waals surface area contributed by atoms with E-state index < -0.39 is 29.4 Å². The largest absolute Gasteiger partial charge is 0.479 e. The highest BCUT2D eigenvalue weighted by Crippen LogP contribution is 2.32. The van der Waals surface area contributed by atoms with Crippen LogP contribution in [0.5, 0.6) is 5.75 Å². The van der Waals surface area contributed by atoms with Crippen molar-refractivity contribution < 1.29 is 23.8 Å². The van der Waals surface area contributed by atoms with Crippen LogP contribution in [0.25, 0.3) is 0 Å². The molecule has 6 heteroatoms. The number of aromatic carboxylic acids is 1. The second-order valence-corrected chi connectivity index (χ2v) is 3.38. The van der Waals surface area contributed by atoms with E-state index in [1.807, 2.05) is 0 Å². The van der Waals surface area contributed by atoms with Gasteiger partial charge in [-0.2, -0.15) is 0 Å². The molecule has 0 bridgehead atoms. The highest BCUT2D eigenvalue weighted by molar-refractivity contribution is 5.99. The van der Waals surface area contributed by atoms with Crippen molar-refractivity contribution in [3.8, 4) is 5.75 Å². The molecule has 0 saturated carbocycles. The fraction of sp³-hybridized carbons (Fsp3) is 0.200. The number of halogens is 1. The molecule has 1 amide bonds. The van der Waals surface area contributed by atoms with Crippen LogP contribution < -0.4 is 10.1 Å². The van der Waals surface area contributed by atoms with Crippen LogP contribution in [0, 0.1) is 5.82 Å². The standard InChI is InChI=1S/C10H8FNO4/c1-4-9(13)12-7-2-5(10(14)15)6(11)3-8(7)16-4/h2-4H,1H3,(H,12,13)(H,14,15). The maximum absolute atomic E-state index is 13.3. The second-order valence-electron chi connectivity index (χ2n) is 3.38. The summed E-state index contributed by atoms with van der Waals surface area (Å²) in [6.45, 7) is 1.52. The summed E-state index contributed by atoms with van der Waals surface area (Å²) in [7, 11) is 0. The summed E-state index contributed by atoms with van der Waals surface area (Å²) in [6.07, 6.45) is -0.720. The lowest BCUT2D eigenvalue weighted by Crippen LogP contribution is -2.34. The van der Waals surface area contributed by atoms with Crippen LogP contribution in [0.2, 0.25) is 0 Å². The number of hydrogen-bond acceptors (Lipinski definition) is 3. The fourth-order valence-corrected chi connectivity index (χ4v) is 1.39. The van der Waals surface area contributed by atoms with E-state index in [1.54, 1.807) is 0 Å². The van der Waals surface area contributed by atoms with Crippen molar-refractivity contribution in [1.82, 2.24) is 0 Å². The number of carboxylic acid groups (broad SMARTS) is 1. The van der Waals surface area contributed by atoms with Crippen molar-refractivity contribution in [1.29, 1.82) is 0 Å². The van der Waals surface area contributed by atoms with Gasteiger partial charge in [0.15, 0.2) is 6.10 Å². The molecule has 1 heterocycles. The number of fused-ring (bicyclic) bond motifs is 1. The van der Waals surface area contributed by atoms with Gasteiger partial charge in [-0.25, -0.2) is 9.18 Å². The van der Waals surface area contributed by atoms with Gasteiger partial charge < -0.3 is 15.2 Å². The number of ether oxygens (including phenoxy) is 1. The first kappa shape index (κ1) is 10.4. The minimum absolute atomic E-state index is 0.134. The predicted molar refractivity (Wildman–Crippen MR) is 52.1 cm³/mol. The third kappa shape index (κ3) is 1.58. The van der Waals surface area contributed by atoms with Gasteiger partial charge in [0.2, 0.25) is 0 Å². The average molecular weight is 225 g/mol. The third-order valence-electron chi connectivity index (χ3n) is 2.23. The topological polar surface area (TPSA) is 75.6 Å². The Morgan fingerprint density at radius 3 is 2.88 bits per heavy atom. The molecule has 16 heavy (non-hydrogen) atoms. The molecule has 1 aromatic rings. The summed E-state index contributed by atoms with van der Waals surface area (Å²) in [6, 6.07) is 1.99. The molecule has 0 aliphatic carbocycles. The van der Waals surface area contributed by atoms with E-state index in [0.29, 0.717) is 0 Å². The lowest BCUT2D eigenvalue weighted by atomic mass is 10.1. The molecule has 84 valence electrons. The first-order chi connectivity index (χ1) is 7.49. The highest BCUT2D eigenvalue weighted by Gasteiger charge is 2.26. The smallest absolute Gasteiger partial charge is 0.338 e. The van der Waals surface area contributed by atoms with Gasteiger partial charge in [-0.05, 0) is 13.0 Å². The van der Waals surface area contributed by atoms with Crippen LogP contribution in [0.15, 0.2) is 12.1 Å². The van der Waals surface area contributed by atoms with Crippen LogP contribution in [-0.4, -0.2) is 23.1 Å². The number of amides is 1. The van der Waals surface area contributed by atoms with E-state index in [2.05, 4.69) is 5.32 Å². The van der Waals surface area contributed by atoms with E-state index in [1.165, 1.54) is 6.92 Å². The minimum Gasteiger partial charge on any atom is -0.479 e. The van der Waals surface area contributed by atoms with Crippen molar-refractivity contribution in [2.45, 2.75) is 13.0 Å². The molecule has 1 aliphatic heterocycles. The normalized spacial score (nSPS) is 18.4. The highest BCUT2D eigenvalue weighted by atomic mass is 19.1. The molecule has 1 atom stereocenters. The van der Waals surface area contributed by atoms with Crippen LogP contribution in [0.4, 0.5) is 10.1 Å². The van der Waals surface area contributed by atoms with Crippen LogP contribution in [0.1, 0.15) is 17.3 Å².